The largest absolute Gasteiger partial charge is 0.481 e. The van der Waals surface area contributed by atoms with E-state index < -0.39 is 27.2 Å². The molecule has 0 bridgehead atoms. The first-order valence-electron chi connectivity index (χ1n) is 10.4. The van der Waals surface area contributed by atoms with E-state index in [2.05, 4.69) is 39.5 Å². The number of anilines is 1. The van der Waals surface area contributed by atoms with Crippen LogP contribution in [0.4, 0.5) is 5.95 Å². The van der Waals surface area contributed by atoms with Gasteiger partial charge in [-0.05, 0) is 31.4 Å². The molecule has 4 aromatic rings. The van der Waals surface area contributed by atoms with Crippen molar-refractivity contribution >= 4 is 39.1 Å². The van der Waals surface area contributed by atoms with Crippen molar-refractivity contribution in [1.82, 2.24) is 39.3 Å². The van der Waals surface area contributed by atoms with Crippen molar-refractivity contribution in [3.8, 4) is 17.4 Å². The second-order valence-electron chi connectivity index (χ2n) is 7.69. The van der Waals surface area contributed by atoms with Crippen LogP contribution in [0.1, 0.15) is 44.2 Å². The number of nitrogens with zero attached hydrogens (tertiary/aromatic N) is 8. The van der Waals surface area contributed by atoms with E-state index in [0.717, 1.165) is 0 Å². The van der Waals surface area contributed by atoms with Crippen LogP contribution in [-0.4, -0.2) is 60.1 Å². The Morgan fingerprint density at radius 2 is 1.86 bits per heavy atom. The topological polar surface area (TPSA) is 151 Å². The third-order valence-corrected chi connectivity index (χ3v) is 8.10. The van der Waals surface area contributed by atoms with E-state index in [1.807, 2.05) is 6.92 Å². The van der Waals surface area contributed by atoms with Gasteiger partial charge >= 0.3 is 0 Å². The average molecular weight is 536 g/mol. The SMILES string of the molecule is COc1cccc(-c2nnc(NS(=O)(=O)[C@@H](C)[C@H](C)c3ncc(Cl)cn3)n2[C@@H](C)c2csnn2)n1. The molecule has 0 aliphatic carbocycles. The lowest BCUT2D eigenvalue weighted by atomic mass is 10.1. The van der Waals surface area contributed by atoms with Gasteiger partial charge in [0.1, 0.15) is 11.5 Å². The molecule has 0 unspecified atom stereocenters. The Morgan fingerprint density at radius 3 is 2.51 bits per heavy atom. The second-order valence-corrected chi connectivity index (χ2v) is 10.8. The van der Waals surface area contributed by atoms with E-state index in [1.54, 1.807) is 42.0 Å². The number of methoxy groups -OCH3 is 1. The third kappa shape index (κ3) is 5.23. The summed E-state index contributed by atoms with van der Waals surface area (Å²) in [5.41, 5.74) is 1.07. The number of nitrogens with one attached hydrogen (secondary N) is 1. The Morgan fingerprint density at radius 1 is 1.11 bits per heavy atom. The highest BCUT2D eigenvalue weighted by molar-refractivity contribution is 7.93. The maximum Gasteiger partial charge on any atom is 0.239 e. The summed E-state index contributed by atoms with van der Waals surface area (Å²) in [6.07, 6.45) is 2.86. The number of aromatic nitrogens is 8. The number of hydrogen-bond acceptors (Lipinski definition) is 11. The minimum atomic E-state index is -3.94. The summed E-state index contributed by atoms with van der Waals surface area (Å²) in [4.78, 5) is 12.7. The van der Waals surface area contributed by atoms with Crippen molar-refractivity contribution in [3.05, 3.63) is 52.5 Å². The zero-order valence-electron chi connectivity index (χ0n) is 19.2. The van der Waals surface area contributed by atoms with E-state index in [0.29, 0.717) is 33.9 Å². The molecule has 3 atom stereocenters. The van der Waals surface area contributed by atoms with Gasteiger partial charge in [0.05, 0.1) is 29.1 Å². The van der Waals surface area contributed by atoms with E-state index in [9.17, 15) is 8.42 Å². The molecular formula is C20H22ClN9O3S2. The summed E-state index contributed by atoms with van der Waals surface area (Å²) in [6.45, 7) is 5.15. The van der Waals surface area contributed by atoms with Gasteiger partial charge in [-0.25, -0.2) is 23.4 Å². The summed E-state index contributed by atoms with van der Waals surface area (Å²) in [6, 6.07) is 4.74. The molecule has 0 saturated heterocycles. The molecule has 0 radical (unpaired) electrons. The number of hydrogen-bond donors (Lipinski definition) is 1. The molecule has 35 heavy (non-hydrogen) atoms. The molecule has 0 aliphatic rings. The number of pyridine rings is 1. The van der Waals surface area contributed by atoms with E-state index >= 15 is 0 Å². The van der Waals surface area contributed by atoms with Gasteiger partial charge < -0.3 is 4.74 Å². The van der Waals surface area contributed by atoms with E-state index in [1.165, 1.54) is 31.0 Å². The van der Waals surface area contributed by atoms with Crippen molar-refractivity contribution in [3.63, 3.8) is 0 Å². The van der Waals surface area contributed by atoms with Crippen molar-refractivity contribution in [2.45, 2.75) is 38.0 Å². The van der Waals surface area contributed by atoms with E-state index in [4.69, 9.17) is 16.3 Å². The van der Waals surface area contributed by atoms with Gasteiger partial charge in [0.2, 0.25) is 21.9 Å². The predicted octanol–water partition coefficient (Wildman–Crippen LogP) is 3.19. The summed E-state index contributed by atoms with van der Waals surface area (Å²) < 4.78 is 40.1. The van der Waals surface area contributed by atoms with Gasteiger partial charge in [0.25, 0.3) is 0 Å². The minimum Gasteiger partial charge on any atom is -0.481 e. The van der Waals surface area contributed by atoms with Crippen LogP contribution in [0.2, 0.25) is 5.02 Å². The van der Waals surface area contributed by atoms with Crippen LogP contribution in [-0.2, 0) is 10.0 Å². The Balaban J connectivity index is 1.72. The fourth-order valence-electron chi connectivity index (χ4n) is 3.30. The molecule has 4 rings (SSSR count). The Hall–Kier alpha value is -3.23. The van der Waals surface area contributed by atoms with Crippen LogP contribution < -0.4 is 9.46 Å². The fraction of sp³-hybridized carbons (Fsp3) is 0.350. The van der Waals surface area contributed by atoms with Crippen LogP contribution in [0.25, 0.3) is 11.5 Å². The number of ether oxygens (including phenoxy) is 1. The normalized spacial score (nSPS) is 14.3. The van der Waals surface area contributed by atoms with Gasteiger partial charge in [-0.2, -0.15) is 0 Å². The highest BCUT2D eigenvalue weighted by Crippen LogP contribution is 2.30. The van der Waals surface area contributed by atoms with Crippen molar-refractivity contribution in [2.75, 3.05) is 11.8 Å². The van der Waals surface area contributed by atoms with Crippen LogP contribution in [0, 0.1) is 0 Å². The molecule has 0 saturated carbocycles. The van der Waals surface area contributed by atoms with Crippen LogP contribution in [0.15, 0.2) is 36.0 Å². The van der Waals surface area contributed by atoms with Gasteiger partial charge in [0, 0.05) is 29.8 Å². The molecule has 0 amide bonds. The lowest BCUT2D eigenvalue weighted by Crippen LogP contribution is -2.32. The maximum atomic E-state index is 13.4. The third-order valence-electron chi connectivity index (χ3n) is 5.52. The van der Waals surface area contributed by atoms with Crippen LogP contribution in [0.3, 0.4) is 0 Å². The molecule has 0 spiro atoms. The Bertz CT molecular complexity index is 1400. The molecule has 0 aromatic carbocycles. The molecule has 1 N–H and O–H groups in total. The van der Waals surface area contributed by atoms with Gasteiger partial charge in [-0.1, -0.05) is 29.1 Å². The zero-order chi connectivity index (χ0) is 25.2. The minimum absolute atomic E-state index is 0.0150. The highest BCUT2D eigenvalue weighted by Gasteiger charge is 2.32. The Kier molecular flexibility index (Phi) is 7.23. The molecule has 184 valence electrons. The first-order valence-corrected chi connectivity index (χ1v) is 13.2. The average Bonchev–Trinajstić information content (AvgIpc) is 3.53. The summed E-state index contributed by atoms with van der Waals surface area (Å²) >= 11 is 7.05. The van der Waals surface area contributed by atoms with Crippen molar-refractivity contribution in [2.24, 2.45) is 0 Å². The Labute approximate surface area is 211 Å². The van der Waals surface area contributed by atoms with Crippen molar-refractivity contribution < 1.29 is 13.2 Å². The smallest absolute Gasteiger partial charge is 0.239 e. The molecule has 15 heteroatoms. The quantitative estimate of drug-likeness (QED) is 0.338. The molecule has 4 heterocycles. The summed E-state index contributed by atoms with van der Waals surface area (Å²) in [7, 11) is -2.44. The van der Waals surface area contributed by atoms with Gasteiger partial charge in [-0.15, -0.1) is 15.3 Å². The monoisotopic (exact) mass is 535 g/mol. The molecule has 0 aliphatic heterocycles. The number of halogens is 1. The lowest BCUT2D eigenvalue weighted by Gasteiger charge is -2.21. The second kappa shape index (κ2) is 10.2. The standard InChI is InChI=1S/C20H22ClN9O3S2/c1-11(18-22-8-14(21)9-23-18)13(3)35(31,32)28-20-27-26-19(15-6-5-7-17(24-15)33-4)30(20)12(2)16-10-34-29-25-16/h5-13H,1-4H3,(H,27,28)/t11-,12-,13-/m0/s1. The van der Waals surface area contributed by atoms with Crippen LogP contribution in [0.5, 0.6) is 5.88 Å². The summed E-state index contributed by atoms with van der Waals surface area (Å²) in [5, 5.41) is 13.7. The highest BCUT2D eigenvalue weighted by atomic mass is 35.5. The predicted molar refractivity (Wildman–Crippen MR) is 131 cm³/mol. The van der Waals surface area contributed by atoms with Gasteiger partial charge in [0.15, 0.2) is 5.82 Å². The van der Waals surface area contributed by atoms with Gasteiger partial charge in [-0.3, -0.25) is 9.29 Å². The first kappa shape index (κ1) is 24.9. The molecule has 4 aromatic heterocycles. The molecule has 0 fully saturated rings. The number of rotatable bonds is 9. The van der Waals surface area contributed by atoms with E-state index in [-0.39, 0.29) is 5.95 Å². The first-order chi connectivity index (χ1) is 16.7. The summed E-state index contributed by atoms with van der Waals surface area (Å²) in [5.74, 6) is 0.565. The zero-order valence-corrected chi connectivity index (χ0v) is 21.6. The maximum absolute atomic E-state index is 13.4. The fourth-order valence-corrected chi connectivity index (χ4v) is 5.17. The molecular weight excluding hydrogens is 514 g/mol. The number of sulfonamides is 1. The van der Waals surface area contributed by atoms with Crippen molar-refractivity contribution in [1.29, 1.82) is 0 Å². The lowest BCUT2D eigenvalue weighted by molar-refractivity contribution is 0.398. The molecule has 12 nitrogen and oxygen atoms in total. The van der Waals surface area contributed by atoms with Crippen LogP contribution >= 0.6 is 23.1 Å².